The van der Waals surface area contributed by atoms with Crippen molar-refractivity contribution in [2.45, 2.75) is 37.1 Å². The maximum absolute atomic E-state index is 13.2. The summed E-state index contributed by atoms with van der Waals surface area (Å²) in [6.45, 7) is 2.21. The Morgan fingerprint density at radius 2 is 1.71 bits per heavy atom. The fourth-order valence-corrected chi connectivity index (χ4v) is 6.89. The number of carboxylic acid groups (broad SMARTS) is 1. The molecule has 0 saturated carbocycles. The van der Waals surface area contributed by atoms with Gasteiger partial charge in [0.2, 0.25) is 15.9 Å². The lowest BCUT2D eigenvalue weighted by atomic mass is 9.96. The summed E-state index contributed by atoms with van der Waals surface area (Å²) in [5, 5.41) is 12.8. The summed E-state index contributed by atoms with van der Waals surface area (Å²) in [7, 11) is -3.93. The first-order valence-electron chi connectivity index (χ1n) is 12.2. The largest absolute Gasteiger partial charge is 0.480 e. The summed E-state index contributed by atoms with van der Waals surface area (Å²) < 4.78 is 27.6. The third-order valence-corrected chi connectivity index (χ3v) is 8.97. The first-order valence-corrected chi connectivity index (χ1v) is 14.4. The minimum Gasteiger partial charge on any atom is -0.480 e. The molecule has 1 saturated heterocycles. The van der Waals surface area contributed by atoms with Crippen LogP contribution in [0.2, 0.25) is 10.0 Å². The van der Waals surface area contributed by atoms with Gasteiger partial charge in [0.15, 0.2) is 0 Å². The van der Waals surface area contributed by atoms with Crippen LogP contribution in [-0.4, -0.2) is 48.8 Å². The molecule has 200 valence electrons. The monoisotopic (exact) mass is 574 g/mol. The van der Waals surface area contributed by atoms with Gasteiger partial charge in [-0.2, -0.15) is 4.31 Å². The highest BCUT2D eigenvalue weighted by Gasteiger charge is 2.35. The molecule has 1 aliphatic rings. The van der Waals surface area contributed by atoms with Crippen molar-refractivity contribution in [3.63, 3.8) is 0 Å². The van der Waals surface area contributed by atoms with Gasteiger partial charge in [-0.1, -0.05) is 71.7 Å². The van der Waals surface area contributed by atoms with Crippen LogP contribution in [0.25, 0.3) is 11.1 Å². The van der Waals surface area contributed by atoms with Crippen LogP contribution >= 0.6 is 23.2 Å². The van der Waals surface area contributed by atoms with Crippen LogP contribution in [0, 0.1) is 12.8 Å². The summed E-state index contributed by atoms with van der Waals surface area (Å²) in [4.78, 5) is 25.0. The number of benzene rings is 3. The van der Waals surface area contributed by atoms with Crippen LogP contribution in [-0.2, 0) is 26.0 Å². The molecule has 0 bridgehead atoms. The van der Waals surface area contributed by atoms with Gasteiger partial charge < -0.3 is 10.4 Å². The molecular weight excluding hydrogens is 547 g/mol. The van der Waals surface area contributed by atoms with Gasteiger partial charge in [-0.3, -0.25) is 4.79 Å². The van der Waals surface area contributed by atoms with Crippen molar-refractivity contribution in [3.05, 3.63) is 87.9 Å². The predicted molar refractivity (Wildman–Crippen MR) is 148 cm³/mol. The van der Waals surface area contributed by atoms with Crippen LogP contribution in [0.4, 0.5) is 0 Å². The fraction of sp³-hybridized carbons (Fsp3) is 0.286. The Morgan fingerprint density at radius 1 is 1.05 bits per heavy atom. The second kappa shape index (κ2) is 11.9. The maximum Gasteiger partial charge on any atom is 0.326 e. The highest BCUT2D eigenvalue weighted by atomic mass is 35.5. The van der Waals surface area contributed by atoms with E-state index >= 15 is 0 Å². The van der Waals surface area contributed by atoms with E-state index in [4.69, 9.17) is 23.2 Å². The van der Waals surface area contributed by atoms with Crippen LogP contribution in [0.1, 0.15) is 24.0 Å². The quantitative estimate of drug-likeness (QED) is 0.385. The van der Waals surface area contributed by atoms with E-state index in [2.05, 4.69) is 5.32 Å². The Labute approximate surface area is 232 Å². The van der Waals surface area contributed by atoms with Crippen LogP contribution in [0.15, 0.2) is 71.6 Å². The van der Waals surface area contributed by atoms with Gasteiger partial charge >= 0.3 is 5.97 Å². The van der Waals surface area contributed by atoms with E-state index in [9.17, 15) is 23.1 Å². The Bertz CT molecular complexity index is 1420. The van der Waals surface area contributed by atoms with Crippen molar-refractivity contribution in [3.8, 4) is 11.1 Å². The first-order chi connectivity index (χ1) is 18.0. The zero-order valence-electron chi connectivity index (χ0n) is 20.7. The van der Waals surface area contributed by atoms with Crippen molar-refractivity contribution in [1.29, 1.82) is 0 Å². The number of piperidine rings is 1. The van der Waals surface area contributed by atoms with Crippen LogP contribution in [0.3, 0.4) is 0 Å². The van der Waals surface area contributed by atoms with Gasteiger partial charge in [0.1, 0.15) is 6.04 Å². The molecular formula is C28H28Cl2N2O5S. The lowest BCUT2D eigenvalue weighted by Crippen LogP contribution is -2.50. The molecule has 3 aromatic rings. The Balaban J connectivity index is 1.43. The van der Waals surface area contributed by atoms with E-state index in [1.165, 1.54) is 22.5 Å². The highest BCUT2D eigenvalue weighted by molar-refractivity contribution is 7.89. The summed E-state index contributed by atoms with van der Waals surface area (Å²) >= 11 is 12.0. The number of amides is 1. The van der Waals surface area contributed by atoms with Crippen molar-refractivity contribution in [2.75, 3.05) is 13.1 Å². The van der Waals surface area contributed by atoms with Crippen molar-refractivity contribution < 1.29 is 23.1 Å². The highest BCUT2D eigenvalue weighted by Crippen LogP contribution is 2.28. The number of nitrogens with one attached hydrogen (secondary N) is 1. The van der Waals surface area contributed by atoms with E-state index in [0.717, 1.165) is 22.3 Å². The molecule has 1 fully saturated rings. The number of carboxylic acids is 1. The molecule has 4 rings (SSSR count). The van der Waals surface area contributed by atoms with Gasteiger partial charge in [-0.15, -0.1) is 0 Å². The van der Waals surface area contributed by atoms with Crippen LogP contribution in [0.5, 0.6) is 0 Å². The average Bonchev–Trinajstić information content (AvgIpc) is 2.88. The molecule has 2 N–H and O–H groups in total. The van der Waals surface area contributed by atoms with Crippen molar-refractivity contribution >= 4 is 45.1 Å². The SMILES string of the molecule is Cc1ccccc1-c1ccc(C[C@H](NC(=O)C2CCCN(S(=O)(=O)c3cc(Cl)cc(Cl)c3)C2)C(=O)O)cc1. The maximum atomic E-state index is 13.2. The second-order valence-electron chi connectivity index (χ2n) is 9.42. The number of carbonyl (C=O) groups excluding carboxylic acids is 1. The number of aryl methyl sites for hydroxylation is 1. The van der Waals surface area contributed by atoms with Crippen LogP contribution < -0.4 is 5.32 Å². The number of sulfonamides is 1. The Hall–Kier alpha value is -2.91. The van der Waals surface area contributed by atoms with E-state index < -0.39 is 33.9 Å². The predicted octanol–water partition coefficient (Wildman–Crippen LogP) is 5.18. The number of aliphatic carboxylic acids is 1. The lowest BCUT2D eigenvalue weighted by Gasteiger charge is -2.32. The van der Waals surface area contributed by atoms with E-state index in [-0.39, 0.29) is 34.5 Å². The second-order valence-corrected chi connectivity index (χ2v) is 12.2. The number of rotatable bonds is 8. The molecule has 1 heterocycles. The molecule has 10 heteroatoms. The number of hydrogen-bond donors (Lipinski definition) is 2. The van der Waals surface area contributed by atoms with Gasteiger partial charge in [-0.05, 0) is 60.2 Å². The molecule has 7 nitrogen and oxygen atoms in total. The molecule has 0 aliphatic carbocycles. The summed E-state index contributed by atoms with van der Waals surface area (Å²) in [5.41, 5.74) is 4.02. The fourth-order valence-electron chi connectivity index (χ4n) is 4.64. The lowest BCUT2D eigenvalue weighted by molar-refractivity contribution is -0.142. The normalized spacial score (nSPS) is 17.1. The molecule has 0 radical (unpaired) electrons. The molecule has 38 heavy (non-hydrogen) atoms. The summed E-state index contributed by atoms with van der Waals surface area (Å²) in [6, 6.07) is 18.5. The third-order valence-electron chi connectivity index (χ3n) is 6.69. The number of nitrogens with zero attached hydrogens (tertiary/aromatic N) is 1. The molecule has 3 aromatic carbocycles. The number of hydrogen-bond acceptors (Lipinski definition) is 4. The smallest absolute Gasteiger partial charge is 0.326 e. The molecule has 1 aliphatic heterocycles. The van der Waals surface area contributed by atoms with Crippen molar-refractivity contribution in [1.82, 2.24) is 9.62 Å². The van der Waals surface area contributed by atoms with Gasteiger partial charge in [0.25, 0.3) is 0 Å². The molecule has 2 atom stereocenters. The Morgan fingerprint density at radius 3 is 2.34 bits per heavy atom. The van der Waals surface area contributed by atoms with E-state index in [0.29, 0.717) is 12.8 Å². The molecule has 0 spiro atoms. The topological polar surface area (TPSA) is 104 Å². The molecule has 0 aromatic heterocycles. The summed E-state index contributed by atoms with van der Waals surface area (Å²) in [5.74, 6) is -2.33. The zero-order valence-corrected chi connectivity index (χ0v) is 23.1. The first kappa shape index (κ1) is 28.1. The van der Waals surface area contributed by atoms with Gasteiger partial charge in [0.05, 0.1) is 10.8 Å². The van der Waals surface area contributed by atoms with Gasteiger partial charge in [-0.25, -0.2) is 13.2 Å². The zero-order chi connectivity index (χ0) is 27.4. The van der Waals surface area contributed by atoms with E-state index in [1.807, 2.05) is 55.5 Å². The summed E-state index contributed by atoms with van der Waals surface area (Å²) in [6.07, 6.45) is 1.01. The van der Waals surface area contributed by atoms with Gasteiger partial charge in [0, 0.05) is 29.6 Å². The molecule has 1 amide bonds. The standard InChI is InChI=1S/C28H28Cl2N2O5S/c1-18-5-2-3-7-25(18)20-10-8-19(9-11-20)13-26(28(34)35)31-27(33)21-6-4-12-32(17-21)38(36,37)24-15-22(29)14-23(30)16-24/h2-3,5,7-11,14-16,21,26H,4,6,12-13,17H2,1H3,(H,31,33)(H,34,35)/t21?,26-/m0/s1. The number of carbonyl (C=O) groups is 2. The molecule has 1 unspecified atom stereocenters. The third kappa shape index (κ3) is 6.56. The average molecular weight is 576 g/mol. The van der Waals surface area contributed by atoms with E-state index in [1.54, 1.807) is 0 Å². The minimum atomic E-state index is -3.93. The minimum absolute atomic E-state index is 0.0476. The number of halogens is 2. The van der Waals surface area contributed by atoms with Crippen molar-refractivity contribution in [2.24, 2.45) is 5.92 Å². The Kier molecular flexibility index (Phi) is 8.78.